The summed E-state index contributed by atoms with van der Waals surface area (Å²) in [4.78, 5) is 0. The topological polar surface area (TPSA) is 4.93 Å². The fourth-order valence-electron chi connectivity index (χ4n) is 10.1. The molecule has 0 atom stereocenters. The Hall–Kier alpha value is -5.66. The van der Waals surface area contributed by atoms with Gasteiger partial charge in [-0.15, -0.1) is 0 Å². The number of para-hydroxylation sites is 1. The molecular weight excluding hydrogens is 615 g/mol. The summed E-state index contributed by atoms with van der Waals surface area (Å²) in [6.07, 6.45) is 2.09. The van der Waals surface area contributed by atoms with E-state index in [1.165, 1.54) is 105 Å². The Morgan fingerprint density at radius 2 is 0.824 bits per heavy atom. The number of hydrogen-bond donors (Lipinski definition) is 0. The van der Waals surface area contributed by atoms with Crippen LogP contribution in [0.3, 0.4) is 0 Å². The third-order valence-electron chi connectivity index (χ3n) is 12.6. The van der Waals surface area contributed by atoms with E-state index < -0.39 is 0 Å². The van der Waals surface area contributed by atoms with Gasteiger partial charge in [0.1, 0.15) is 0 Å². The highest BCUT2D eigenvalue weighted by molar-refractivity contribution is 6.15. The molecule has 244 valence electrons. The third kappa shape index (κ3) is 3.87. The number of aryl methyl sites for hydroxylation is 2. The molecule has 1 heteroatoms. The minimum atomic E-state index is -0.0277. The van der Waals surface area contributed by atoms with Crippen molar-refractivity contribution in [2.45, 2.75) is 51.4 Å². The van der Waals surface area contributed by atoms with Gasteiger partial charge in [-0.2, -0.15) is 0 Å². The summed E-state index contributed by atoms with van der Waals surface area (Å²) in [6, 6.07) is 53.1. The molecule has 11 rings (SSSR count). The fraction of sp³-hybridized carbons (Fsp3) is 0.160. The van der Waals surface area contributed by atoms with Gasteiger partial charge in [-0.1, -0.05) is 131 Å². The second kappa shape index (κ2) is 9.98. The molecule has 0 N–H and O–H groups in total. The van der Waals surface area contributed by atoms with Gasteiger partial charge in [0.25, 0.3) is 0 Å². The van der Waals surface area contributed by atoms with Crippen molar-refractivity contribution in [1.29, 1.82) is 0 Å². The van der Waals surface area contributed by atoms with E-state index in [-0.39, 0.29) is 10.8 Å². The van der Waals surface area contributed by atoms with Crippen LogP contribution in [0.1, 0.15) is 61.1 Å². The zero-order valence-electron chi connectivity index (χ0n) is 29.6. The Kier molecular flexibility index (Phi) is 5.70. The lowest BCUT2D eigenvalue weighted by Gasteiger charge is -2.22. The van der Waals surface area contributed by atoms with Crippen LogP contribution in [0.4, 0.5) is 0 Å². The van der Waals surface area contributed by atoms with Crippen molar-refractivity contribution in [2.24, 2.45) is 0 Å². The molecule has 3 aliphatic rings. The van der Waals surface area contributed by atoms with Crippen molar-refractivity contribution in [3.05, 3.63) is 173 Å². The first-order valence-corrected chi connectivity index (χ1v) is 18.5. The van der Waals surface area contributed by atoms with Crippen molar-refractivity contribution in [3.8, 4) is 50.2 Å². The minimum absolute atomic E-state index is 0.0277. The van der Waals surface area contributed by atoms with Gasteiger partial charge in [0, 0.05) is 27.3 Å². The van der Waals surface area contributed by atoms with Crippen molar-refractivity contribution >= 4 is 21.8 Å². The van der Waals surface area contributed by atoms with Crippen LogP contribution in [-0.4, -0.2) is 4.57 Å². The number of rotatable bonds is 3. The van der Waals surface area contributed by atoms with Gasteiger partial charge in [0.05, 0.1) is 11.0 Å². The fourth-order valence-corrected chi connectivity index (χ4v) is 10.1. The largest absolute Gasteiger partial charge is 0.309 e. The predicted octanol–water partition coefficient (Wildman–Crippen LogP) is 12.8. The van der Waals surface area contributed by atoms with Gasteiger partial charge < -0.3 is 4.57 Å². The lowest BCUT2D eigenvalue weighted by molar-refractivity contribution is 0.660. The van der Waals surface area contributed by atoms with E-state index in [4.69, 9.17) is 0 Å². The lowest BCUT2D eigenvalue weighted by Crippen LogP contribution is -2.14. The Bertz CT molecular complexity index is 2620. The van der Waals surface area contributed by atoms with Crippen LogP contribution in [-0.2, 0) is 23.7 Å². The molecule has 1 aromatic heterocycles. The normalized spacial score (nSPS) is 15.6. The Morgan fingerprint density at radius 3 is 1.31 bits per heavy atom. The van der Waals surface area contributed by atoms with Gasteiger partial charge in [-0.3, -0.25) is 0 Å². The molecule has 0 spiro atoms. The van der Waals surface area contributed by atoms with Crippen molar-refractivity contribution < 1.29 is 0 Å². The van der Waals surface area contributed by atoms with Crippen LogP contribution in [0.15, 0.2) is 140 Å². The predicted molar refractivity (Wildman–Crippen MR) is 214 cm³/mol. The Morgan fingerprint density at radius 1 is 0.392 bits per heavy atom. The molecule has 1 nitrogen and oxygen atoms in total. The summed E-state index contributed by atoms with van der Waals surface area (Å²) in [7, 11) is 0. The van der Waals surface area contributed by atoms with Crippen LogP contribution >= 0.6 is 0 Å². The van der Waals surface area contributed by atoms with Gasteiger partial charge >= 0.3 is 0 Å². The number of benzene rings is 7. The van der Waals surface area contributed by atoms with Crippen LogP contribution in [0, 0.1) is 0 Å². The van der Waals surface area contributed by atoms with E-state index in [2.05, 4.69) is 172 Å². The van der Waals surface area contributed by atoms with E-state index in [9.17, 15) is 0 Å². The van der Waals surface area contributed by atoms with Crippen LogP contribution < -0.4 is 0 Å². The quantitative estimate of drug-likeness (QED) is 0.179. The van der Waals surface area contributed by atoms with E-state index >= 15 is 0 Å². The molecule has 7 aromatic carbocycles. The first kappa shape index (κ1) is 29.1. The monoisotopic (exact) mass is 653 g/mol. The maximum absolute atomic E-state index is 2.54. The maximum atomic E-state index is 2.54. The lowest BCUT2D eigenvalue weighted by atomic mass is 9.81. The van der Waals surface area contributed by atoms with E-state index in [1.54, 1.807) is 0 Å². The summed E-state index contributed by atoms with van der Waals surface area (Å²) in [5, 5.41) is 2.84. The zero-order chi connectivity index (χ0) is 34.2. The molecule has 0 unspecified atom stereocenters. The molecule has 0 saturated heterocycles. The molecule has 0 amide bonds. The molecule has 51 heavy (non-hydrogen) atoms. The second-order valence-corrected chi connectivity index (χ2v) is 16.1. The first-order chi connectivity index (χ1) is 24.8. The highest BCUT2D eigenvalue weighted by Crippen LogP contribution is 2.52. The molecule has 8 aromatic rings. The van der Waals surface area contributed by atoms with Crippen molar-refractivity contribution in [3.63, 3.8) is 0 Å². The summed E-state index contributed by atoms with van der Waals surface area (Å²) >= 11 is 0. The summed E-state index contributed by atoms with van der Waals surface area (Å²) in [6.45, 7) is 9.51. The highest BCUT2D eigenvalue weighted by Gasteiger charge is 2.37. The molecule has 0 saturated carbocycles. The van der Waals surface area contributed by atoms with Crippen LogP contribution in [0.25, 0.3) is 72.0 Å². The molecule has 1 heterocycles. The maximum Gasteiger partial charge on any atom is 0.0550 e. The zero-order valence-corrected chi connectivity index (χ0v) is 29.6. The number of fused-ring (bicyclic) bond motifs is 6. The van der Waals surface area contributed by atoms with Gasteiger partial charge in [-0.05, 0) is 127 Å². The highest BCUT2D eigenvalue weighted by atomic mass is 15.0. The average molecular weight is 654 g/mol. The molecule has 0 aliphatic heterocycles. The number of aromatic nitrogens is 1. The van der Waals surface area contributed by atoms with Crippen LogP contribution in [0.5, 0.6) is 0 Å². The molecular formula is C50H39N. The molecule has 0 radical (unpaired) electrons. The van der Waals surface area contributed by atoms with Crippen molar-refractivity contribution in [2.75, 3.05) is 0 Å². The standard InChI is InChI=1S/C50H39N/c1-49(2)41-16-10-8-14-37(41)39-22-20-30(26-43(39)49)34-24-32-18-19-33-25-35(29-46-48(33)47(32)45(28-34)51(46)36-12-6-5-7-13-36)31-21-23-40-38-15-9-11-17-42(38)50(3,4)44(40)27-31/h5-17,20-29H,18-19H2,1-4H3. The Balaban J connectivity index is 1.13. The first-order valence-electron chi connectivity index (χ1n) is 18.5. The molecule has 3 aliphatic carbocycles. The van der Waals surface area contributed by atoms with E-state index in [1.807, 2.05) is 0 Å². The van der Waals surface area contributed by atoms with E-state index in [0.717, 1.165) is 12.8 Å². The number of nitrogens with zero attached hydrogens (tertiary/aromatic N) is 1. The second-order valence-electron chi connectivity index (χ2n) is 16.1. The SMILES string of the molecule is CC1(C)c2ccccc2-c2ccc(-c3cc4c5c6c(cc(-c7ccc8c(c7)C(C)(C)c7ccccc7-8)cc6n(-c6ccccc6)c5c3)CC4)cc21. The Labute approximate surface area is 299 Å². The van der Waals surface area contributed by atoms with Gasteiger partial charge in [0.15, 0.2) is 0 Å². The third-order valence-corrected chi connectivity index (χ3v) is 12.6. The molecule has 0 fully saturated rings. The number of hydrogen-bond acceptors (Lipinski definition) is 0. The summed E-state index contributed by atoms with van der Waals surface area (Å²) in [5.41, 5.74) is 23.1. The average Bonchev–Trinajstić information content (AvgIpc) is 3.71. The van der Waals surface area contributed by atoms with Gasteiger partial charge in [0.2, 0.25) is 0 Å². The van der Waals surface area contributed by atoms with Crippen LogP contribution in [0.2, 0.25) is 0 Å². The summed E-state index contributed by atoms with van der Waals surface area (Å²) < 4.78 is 2.54. The molecule has 0 bridgehead atoms. The van der Waals surface area contributed by atoms with Gasteiger partial charge in [-0.25, -0.2) is 0 Å². The smallest absolute Gasteiger partial charge is 0.0550 e. The van der Waals surface area contributed by atoms with Crippen molar-refractivity contribution in [1.82, 2.24) is 4.57 Å². The minimum Gasteiger partial charge on any atom is -0.309 e. The van der Waals surface area contributed by atoms with E-state index in [0.29, 0.717) is 0 Å². The summed E-state index contributed by atoms with van der Waals surface area (Å²) in [5.74, 6) is 0.